The van der Waals surface area contributed by atoms with E-state index in [2.05, 4.69) is 55.4 Å². The Morgan fingerprint density at radius 1 is 1.08 bits per heavy atom. The Morgan fingerprint density at radius 3 is 2.50 bits per heavy atom. The Balaban J connectivity index is 0.00000208. The summed E-state index contributed by atoms with van der Waals surface area (Å²) in [5.41, 5.74) is 3.80. The van der Waals surface area contributed by atoms with Crippen molar-refractivity contribution in [1.29, 1.82) is 0 Å². The molecule has 0 unspecified atom stereocenters. The number of benzene rings is 1. The van der Waals surface area contributed by atoms with Crippen molar-refractivity contribution in [3.8, 4) is 0 Å². The minimum absolute atomic E-state index is 0. The smallest absolute Gasteiger partial charge is 0.135 e. The summed E-state index contributed by atoms with van der Waals surface area (Å²) >= 11 is 0. The van der Waals surface area contributed by atoms with Gasteiger partial charge in [0.15, 0.2) is 0 Å². The average Bonchev–Trinajstić information content (AvgIpc) is 2.79. The lowest BCUT2D eigenvalue weighted by Crippen LogP contribution is -2.29. The minimum Gasteiger partial charge on any atom is -0.357 e. The van der Waals surface area contributed by atoms with E-state index in [-0.39, 0.29) is 12.4 Å². The lowest BCUT2D eigenvalue weighted by atomic mass is 10.1. The van der Waals surface area contributed by atoms with E-state index in [0.29, 0.717) is 6.04 Å². The van der Waals surface area contributed by atoms with E-state index in [0.717, 1.165) is 44.0 Å². The maximum atomic E-state index is 4.93. The van der Waals surface area contributed by atoms with E-state index in [1.807, 2.05) is 6.07 Å². The van der Waals surface area contributed by atoms with Crippen molar-refractivity contribution in [3.63, 3.8) is 0 Å². The van der Waals surface area contributed by atoms with E-state index >= 15 is 0 Å². The van der Waals surface area contributed by atoms with Crippen LogP contribution in [-0.4, -0.2) is 36.1 Å². The van der Waals surface area contributed by atoms with E-state index in [1.54, 1.807) is 0 Å². The first-order valence-electron chi connectivity index (χ1n) is 8.51. The van der Waals surface area contributed by atoms with Crippen molar-refractivity contribution >= 4 is 18.2 Å². The lowest BCUT2D eigenvalue weighted by molar-refractivity contribution is 0.705. The van der Waals surface area contributed by atoms with Crippen molar-refractivity contribution in [2.45, 2.75) is 39.2 Å². The summed E-state index contributed by atoms with van der Waals surface area (Å²) in [6, 6.07) is 10.9. The molecule has 0 saturated heterocycles. The Morgan fingerprint density at radius 2 is 1.79 bits per heavy atom. The standard InChI is InChI=1S/C19H26N4.ClH/c1-14(2)23(3)19-16-9-11-20-12-10-17(16)21-18(22-19)13-15-7-5-4-6-8-15;/h4-8,14,20H,9-13H2,1-3H3;1H. The Bertz CT molecular complexity index is 658. The van der Waals surface area contributed by atoms with Gasteiger partial charge in [0.25, 0.3) is 0 Å². The first-order valence-corrected chi connectivity index (χ1v) is 8.51. The quantitative estimate of drug-likeness (QED) is 0.924. The van der Waals surface area contributed by atoms with Crippen LogP contribution >= 0.6 is 12.4 Å². The summed E-state index contributed by atoms with van der Waals surface area (Å²) in [5.74, 6) is 2.04. The SMILES string of the molecule is CC(C)N(C)c1nc(Cc2ccccc2)nc2c1CCNCC2.Cl. The van der Waals surface area contributed by atoms with E-state index in [1.165, 1.54) is 16.8 Å². The van der Waals surface area contributed by atoms with Crippen LogP contribution in [0.4, 0.5) is 5.82 Å². The van der Waals surface area contributed by atoms with Gasteiger partial charge in [0.2, 0.25) is 0 Å². The molecule has 5 heteroatoms. The highest BCUT2D eigenvalue weighted by Crippen LogP contribution is 2.24. The van der Waals surface area contributed by atoms with Gasteiger partial charge in [-0.25, -0.2) is 9.97 Å². The molecule has 0 spiro atoms. The number of fused-ring (bicyclic) bond motifs is 1. The summed E-state index contributed by atoms with van der Waals surface area (Å²) in [6.45, 7) is 6.42. The predicted octanol–water partition coefficient (Wildman–Crippen LogP) is 3.02. The molecule has 2 heterocycles. The van der Waals surface area contributed by atoms with Crippen LogP contribution in [0.5, 0.6) is 0 Å². The van der Waals surface area contributed by atoms with Crippen LogP contribution in [-0.2, 0) is 19.3 Å². The largest absolute Gasteiger partial charge is 0.357 e. The van der Waals surface area contributed by atoms with Gasteiger partial charge in [-0.3, -0.25) is 0 Å². The third-order valence-electron chi connectivity index (χ3n) is 4.52. The van der Waals surface area contributed by atoms with Crippen LogP contribution in [0.25, 0.3) is 0 Å². The van der Waals surface area contributed by atoms with Crippen molar-refractivity contribution in [3.05, 3.63) is 53.0 Å². The van der Waals surface area contributed by atoms with Crippen molar-refractivity contribution in [2.75, 3.05) is 25.0 Å². The summed E-state index contributed by atoms with van der Waals surface area (Å²) in [7, 11) is 2.14. The average molecular weight is 347 g/mol. The van der Waals surface area contributed by atoms with E-state index in [9.17, 15) is 0 Å². The Kier molecular flexibility index (Phi) is 6.58. The second kappa shape index (κ2) is 8.45. The molecule has 3 rings (SSSR count). The van der Waals surface area contributed by atoms with Gasteiger partial charge in [-0.15, -0.1) is 12.4 Å². The van der Waals surface area contributed by atoms with Crippen molar-refractivity contribution in [2.24, 2.45) is 0 Å². The summed E-state index contributed by atoms with van der Waals surface area (Å²) < 4.78 is 0. The summed E-state index contributed by atoms with van der Waals surface area (Å²) in [5, 5.41) is 3.47. The molecule has 2 aromatic rings. The highest BCUT2D eigenvalue weighted by atomic mass is 35.5. The van der Waals surface area contributed by atoms with Gasteiger partial charge in [0, 0.05) is 38.0 Å². The molecule has 1 N–H and O–H groups in total. The number of anilines is 1. The number of hydrogen-bond acceptors (Lipinski definition) is 4. The molecule has 0 radical (unpaired) electrons. The highest BCUT2D eigenvalue weighted by molar-refractivity contribution is 5.85. The summed E-state index contributed by atoms with van der Waals surface area (Å²) in [6.07, 6.45) is 2.78. The molecule has 0 bridgehead atoms. The number of nitrogens with zero attached hydrogens (tertiary/aromatic N) is 3. The molecule has 130 valence electrons. The summed E-state index contributed by atoms with van der Waals surface area (Å²) in [4.78, 5) is 12.1. The normalized spacial score (nSPS) is 13.8. The molecule has 0 fully saturated rings. The number of nitrogens with one attached hydrogen (secondary N) is 1. The molecular formula is C19H27ClN4. The molecule has 24 heavy (non-hydrogen) atoms. The van der Waals surface area contributed by atoms with Gasteiger partial charge in [0.1, 0.15) is 11.6 Å². The molecule has 0 amide bonds. The topological polar surface area (TPSA) is 41.1 Å². The van der Waals surface area contributed by atoms with Gasteiger partial charge in [-0.2, -0.15) is 0 Å². The van der Waals surface area contributed by atoms with Crippen LogP contribution in [0, 0.1) is 0 Å². The molecule has 1 aliphatic rings. The van der Waals surface area contributed by atoms with Crippen molar-refractivity contribution < 1.29 is 0 Å². The molecule has 0 aliphatic carbocycles. The van der Waals surface area contributed by atoms with Crippen molar-refractivity contribution in [1.82, 2.24) is 15.3 Å². The molecule has 4 nitrogen and oxygen atoms in total. The minimum atomic E-state index is 0. The zero-order valence-corrected chi connectivity index (χ0v) is 15.6. The molecule has 1 aromatic heterocycles. The number of halogens is 1. The number of aromatic nitrogens is 2. The molecular weight excluding hydrogens is 320 g/mol. The fourth-order valence-corrected chi connectivity index (χ4v) is 2.97. The zero-order valence-electron chi connectivity index (χ0n) is 14.7. The third-order valence-corrected chi connectivity index (χ3v) is 4.52. The first-order chi connectivity index (χ1) is 11.1. The fraction of sp³-hybridized carbons (Fsp3) is 0.474. The second-order valence-corrected chi connectivity index (χ2v) is 6.51. The van der Waals surface area contributed by atoms with Gasteiger partial charge in [-0.1, -0.05) is 30.3 Å². The van der Waals surface area contributed by atoms with Crippen LogP contribution in [0.3, 0.4) is 0 Å². The maximum absolute atomic E-state index is 4.93. The first kappa shape index (κ1) is 18.7. The second-order valence-electron chi connectivity index (χ2n) is 6.51. The van der Waals surface area contributed by atoms with Gasteiger partial charge < -0.3 is 10.2 Å². The molecule has 0 atom stereocenters. The van der Waals surface area contributed by atoms with Crippen LogP contribution in [0.2, 0.25) is 0 Å². The monoisotopic (exact) mass is 346 g/mol. The van der Waals surface area contributed by atoms with Crippen LogP contribution in [0.1, 0.15) is 36.5 Å². The van der Waals surface area contributed by atoms with Crippen LogP contribution < -0.4 is 10.2 Å². The number of hydrogen-bond donors (Lipinski definition) is 1. The zero-order chi connectivity index (χ0) is 16.2. The van der Waals surface area contributed by atoms with Gasteiger partial charge in [-0.05, 0) is 32.4 Å². The third kappa shape index (κ3) is 4.25. The highest BCUT2D eigenvalue weighted by Gasteiger charge is 2.20. The van der Waals surface area contributed by atoms with Crippen LogP contribution in [0.15, 0.2) is 30.3 Å². The van der Waals surface area contributed by atoms with E-state index < -0.39 is 0 Å². The molecule has 1 aliphatic heterocycles. The predicted molar refractivity (Wildman–Crippen MR) is 102 cm³/mol. The Hall–Kier alpha value is -1.65. The Labute approximate surface area is 151 Å². The lowest BCUT2D eigenvalue weighted by Gasteiger charge is -2.26. The van der Waals surface area contributed by atoms with Gasteiger partial charge in [0.05, 0.1) is 5.69 Å². The van der Waals surface area contributed by atoms with E-state index in [4.69, 9.17) is 9.97 Å². The van der Waals surface area contributed by atoms with Gasteiger partial charge >= 0.3 is 0 Å². The molecule has 1 aromatic carbocycles. The fourth-order valence-electron chi connectivity index (χ4n) is 2.97. The maximum Gasteiger partial charge on any atom is 0.135 e. The number of rotatable bonds is 4. The molecule has 0 saturated carbocycles.